The molecular formula is C20H25ClN2O4S. The molecule has 0 radical (unpaired) electrons. The minimum absolute atomic E-state index is 0.0345. The van der Waals surface area contributed by atoms with Gasteiger partial charge >= 0.3 is 0 Å². The summed E-state index contributed by atoms with van der Waals surface area (Å²) in [6, 6.07) is 12.4. The second-order valence-electron chi connectivity index (χ2n) is 6.48. The minimum Gasteiger partial charge on any atom is -0.495 e. The number of carbonyl (C=O) groups excluding carboxylic acids is 1. The summed E-state index contributed by atoms with van der Waals surface area (Å²) in [7, 11) is -2.52. The lowest BCUT2D eigenvalue weighted by Gasteiger charge is -2.21. The number of benzene rings is 2. The summed E-state index contributed by atoms with van der Waals surface area (Å²) < 4.78 is 33.3. The normalized spacial score (nSPS) is 13.6. The highest BCUT2D eigenvalue weighted by molar-refractivity contribution is 7.89. The van der Waals surface area contributed by atoms with E-state index in [-0.39, 0.29) is 28.3 Å². The molecule has 0 saturated carbocycles. The van der Waals surface area contributed by atoms with Crippen molar-refractivity contribution in [3.05, 3.63) is 59.1 Å². The van der Waals surface area contributed by atoms with Crippen LogP contribution in [0.4, 0.5) is 0 Å². The number of amides is 1. The fourth-order valence-electron chi connectivity index (χ4n) is 2.55. The van der Waals surface area contributed by atoms with E-state index in [4.69, 9.17) is 16.3 Å². The van der Waals surface area contributed by atoms with Crippen molar-refractivity contribution in [2.45, 2.75) is 43.7 Å². The summed E-state index contributed by atoms with van der Waals surface area (Å²) in [5, 5.41) is 3.02. The summed E-state index contributed by atoms with van der Waals surface area (Å²) in [5.74, 6) is -0.00245. The third-order valence-corrected chi connectivity index (χ3v) is 6.10. The van der Waals surface area contributed by atoms with Crippen molar-refractivity contribution in [3.8, 4) is 5.75 Å². The SMILES string of the molecule is CC[C@H](C)NC(=O)[C@@H](Cc1ccccc1)NS(=O)(=O)c1ccc(OC)c(Cl)c1. The highest BCUT2D eigenvalue weighted by Crippen LogP contribution is 2.27. The van der Waals surface area contributed by atoms with E-state index in [9.17, 15) is 13.2 Å². The number of nitrogens with one attached hydrogen (secondary N) is 2. The Bertz CT molecular complexity index is 904. The lowest BCUT2D eigenvalue weighted by atomic mass is 10.1. The molecule has 2 aromatic carbocycles. The average molecular weight is 425 g/mol. The lowest BCUT2D eigenvalue weighted by molar-refractivity contribution is -0.123. The van der Waals surface area contributed by atoms with Gasteiger partial charge in [0.1, 0.15) is 11.8 Å². The van der Waals surface area contributed by atoms with Crippen LogP contribution in [0.5, 0.6) is 5.75 Å². The minimum atomic E-state index is -3.97. The molecule has 2 atom stereocenters. The quantitative estimate of drug-likeness (QED) is 0.647. The van der Waals surface area contributed by atoms with Gasteiger partial charge in [0.25, 0.3) is 0 Å². The number of ether oxygens (including phenoxy) is 1. The van der Waals surface area contributed by atoms with Crippen LogP contribution >= 0.6 is 11.6 Å². The van der Waals surface area contributed by atoms with E-state index < -0.39 is 16.1 Å². The summed E-state index contributed by atoms with van der Waals surface area (Å²) in [6.07, 6.45) is 0.969. The number of methoxy groups -OCH3 is 1. The van der Waals surface area contributed by atoms with E-state index in [0.29, 0.717) is 5.75 Å². The van der Waals surface area contributed by atoms with Crippen LogP contribution in [0.3, 0.4) is 0 Å². The van der Waals surface area contributed by atoms with Gasteiger partial charge in [0.2, 0.25) is 15.9 Å². The van der Waals surface area contributed by atoms with Gasteiger partial charge in [-0.25, -0.2) is 8.42 Å². The van der Waals surface area contributed by atoms with E-state index >= 15 is 0 Å². The number of hydrogen-bond acceptors (Lipinski definition) is 4. The van der Waals surface area contributed by atoms with Crippen LogP contribution in [-0.2, 0) is 21.2 Å². The van der Waals surface area contributed by atoms with E-state index in [2.05, 4.69) is 10.0 Å². The molecule has 2 rings (SSSR count). The maximum absolute atomic E-state index is 12.9. The standard InChI is InChI=1S/C20H25ClN2O4S/c1-4-14(2)22-20(24)18(12-15-8-6-5-7-9-15)23-28(25,26)16-10-11-19(27-3)17(21)13-16/h5-11,13-14,18,23H,4,12H2,1-3H3,(H,22,24)/t14-,18+/m0/s1. The van der Waals surface area contributed by atoms with Crippen molar-refractivity contribution in [1.29, 1.82) is 0 Å². The zero-order valence-electron chi connectivity index (χ0n) is 16.1. The first-order chi connectivity index (χ1) is 13.3. The fourth-order valence-corrected chi connectivity index (χ4v) is 4.10. The smallest absolute Gasteiger partial charge is 0.241 e. The second kappa shape index (κ2) is 9.91. The number of hydrogen-bond donors (Lipinski definition) is 2. The second-order valence-corrected chi connectivity index (χ2v) is 8.60. The maximum Gasteiger partial charge on any atom is 0.241 e. The first-order valence-corrected chi connectivity index (χ1v) is 10.8. The summed E-state index contributed by atoms with van der Waals surface area (Å²) >= 11 is 6.06. The molecule has 2 aromatic rings. The van der Waals surface area contributed by atoms with E-state index in [1.807, 2.05) is 44.2 Å². The molecule has 2 N–H and O–H groups in total. The molecule has 0 unspecified atom stereocenters. The van der Waals surface area contributed by atoms with Crippen LogP contribution in [0, 0.1) is 0 Å². The van der Waals surface area contributed by atoms with Crippen LogP contribution in [0.25, 0.3) is 0 Å². The van der Waals surface area contributed by atoms with Crippen molar-refractivity contribution in [2.24, 2.45) is 0 Å². The number of halogens is 1. The van der Waals surface area contributed by atoms with Crippen molar-refractivity contribution >= 4 is 27.5 Å². The Labute approximate surface area is 171 Å². The van der Waals surface area contributed by atoms with E-state index in [1.54, 1.807) is 0 Å². The zero-order chi connectivity index (χ0) is 20.7. The molecule has 0 heterocycles. The first-order valence-electron chi connectivity index (χ1n) is 8.97. The fraction of sp³-hybridized carbons (Fsp3) is 0.350. The molecule has 0 aliphatic heterocycles. The molecule has 0 aliphatic carbocycles. The topological polar surface area (TPSA) is 84.5 Å². The van der Waals surface area contributed by atoms with Gasteiger partial charge in [-0.15, -0.1) is 0 Å². The Morgan fingerprint density at radius 3 is 2.43 bits per heavy atom. The molecule has 1 amide bonds. The molecule has 0 fully saturated rings. The Kier molecular flexibility index (Phi) is 7.86. The van der Waals surface area contributed by atoms with E-state index in [1.165, 1.54) is 25.3 Å². The lowest BCUT2D eigenvalue weighted by Crippen LogP contribution is -2.50. The predicted octanol–water partition coefficient (Wildman–Crippen LogP) is 3.15. The van der Waals surface area contributed by atoms with Crippen molar-refractivity contribution in [3.63, 3.8) is 0 Å². The molecule has 0 spiro atoms. The molecule has 0 aliphatic rings. The van der Waals surface area contributed by atoms with Crippen LogP contribution in [0.2, 0.25) is 5.02 Å². The van der Waals surface area contributed by atoms with Gasteiger partial charge in [-0.05, 0) is 43.5 Å². The average Bonchev–Trinajstić information content (AvgIpc) is 2.67. The van der Waals surface area contributed by atoms with Gasteiger partial charge < -0.3 is 10.1 Å². The molecule has 0 saturated heterocycles. The molecule has 152 valence electrons. The van der Waals surface area contributed by atoms with Gasteiger partial charge in [0.05, 0.1) is 17.0 Å². The van der Waals surface area contributed by atoms with Gasteiger partial charge in [0.15, 0.2) is 0 Å². The summed E-state index contributed by atoms with van der Waals surface area (Å²) in [4.78, 5) is 12.7. The summed E-state index contributed by atoms with van der Waals surface area (Å²) in [5.41, 5.74) is 0.849. The van der Waals surface area contributed by atoms with Crippen molar-refractivity contribution in [1.82, 2.24) is 10.0 Å². The summed E-state index contributed by atoms with van der Waals surface area (Å²) in [6.45, 7) is 3.82. The maximum atomic E-state index is 12.9. The Morgan fingerprint density at radius 2 is 1.86 bits per heavy atom. The predicted molar refractivity (Wildman–Crippen MR) is 110 cm³/mol. The number of rotatable bonds is 9. The van der Waals surface area contributed by atoms with Gasteiger partial charge in [-0.1, -0.05) is 48.9 Å². The monoisotopic (exact) mass is 424 g/mol. The van der Waals surface area contributed by atoms with Gasteiger partial charge in [0, 0.05) is 6.04 Å². The molecule has 28 heavy (non-hydrogen) atoms. The zero-order valence-corrected chi connectivity index (χ0v) is 17.7. The molecule has 0 aromatic heterocycles. The third-order valence-electron chi connectivity index (χ3n) is 4.33. The number of sulfonamides is 1. The molecule has 8 heteroatoms. The third kappa shape index (κ3) is 5.95. The van der Waals surface area contributed by atoms with Crippen LogP contribution in [-0.4, -0.2) is 33.5 Å². The van der Waals surface area contributed by atoms with Gasteiger partial charge in [-0.2, -0.15) is 4.72 Å². The Balaban J connectivity index is 2.29. The van der Waals surface area contributed by atoms with Crippen LogP contribution in [0.15, 0.2) is 53.4 Å². The van der Waals surface area contributed by atoms with Gasteiger partial charge in [-0.3, -0.25) is 4.79 Å². The first kappa shape index (κ1) is 22.2. The molecule has 6 nitrogen and oxygen atoms in total. The Morgan fingerprint density at radius 1 is 1.18 bits per heavy atom. The molecular weight excluding hydrogens is 400 g/mol. The van der Waals surface area contributed by atoms with Crippen molar-refractivity contribution < 1.29 is 17.9 Å². The van der Waals surface area contributed by atoms with E-state index in [0.717, 1.165) is 12.0 Å². The molecule has 0 bridgehead atoms. The highest BCUT2D eigenvalue weighted by atomic mass is 35.5. The Hall–Kier alpha value is -2.09. The van der Waals surface area contributed by atoms with Crippen LogP contribution in [0.1, 0.15) is 25.8 Å². The number of carbonyl (C=O) groups is 1. The highest BCUT2D eigenvalue weighted by Gasteiger charge is 2.27. The van der Waals surface area contributed by atoms with Crippen LogP contribution < -0.4 is 14.8 Å². The largest absolute Gasteiger partial charge is 0.495 e. The van der Waals surface area contributed by atoms with Crippen molar-refractivity contribution in [2.75, 3.05) is 7.11 Å².